The number of rotatable bonds is 5. The Labute approximate surface area is 121 Å². The second-order valence-corrected chi connectivity index (χ2v) is 6.16. The Morgan fingerprint density at radius 3 is 2.45 bits per heavy atom. The molecule has 0 aromatic rings. The Hall–Kier alpha value is -1.10. The molecule has 2 rings (SSSR count). The van der Waals surface area contributed by atoms with Crippen molar-refractivity contribution in [1.82, 2.24) is 15.5 Å². The lowest BCUT2D eigenvalue weighted by Gasteiger charge is -2.22. The molecular formula is C15H27N3O2. The normalized spacial score (nSPS) is 24.6. The highest BCUT2D eigenvalue weighted by molar-refractivity contribution is 5.87. The zero-order valence-corrected chi connectivity index (χ0v) is 12.5. The van der Waals surface area contributed by atoms with Crippen LogP contribution in [-0.2, 0) is 9.59 Å². The SMILES string of the molecule is CN1CCCC1C(=O)NCC(=O)NCC1CCCCC1. The van der Waals surface area contributed by atoms with Gasteiger partial charge in [-0.05, 0) is 45.2 Å². The molecule has 114 valence electrons. The summed E-state index contributed by atoms with van der Waals surface area (Å²) in [4.78, 5) is 25.7. The van der Waals surface area contributed by atoms with Crippen molar-refractivity contribution in [2.75, 3.05) is 26.7 Å². The number of hydrogen-bond acceptors (Lipinski definition) is 3. The molecular weight excluding hydrogens is 254 g/mol. The highest BCUT2D eigenvalue weighted by Crippen LogP contribution is 2.22. The van der Waals surface area contributed by atoms with Gasteiger partial charge >= 0.3 is 0 Å². The minimum Gasteiger partial charge on any atom is -0.354 e. The molecule has 2 aliphatic rings. The van der Waals surface area contributed by atoms with Crippen LogP contribution >= 0.6 is 0 Å². The second-order valence-electron chi connectivity index (χ2n) is 6.16. The Kier molecular flexibility index (Phi) is 5.83. The standard InChI is InChI=1S/C15H27N3O2/c1-18-9-5-8-13(18)15(20)17-11-14(19)16-10-12-6-3-2-4-7-12/h12-13H,2-11H2,1H3,(H,16,19)(H,17,20). The van der Waals surface area contributed by atoms with Crippen LogP contribution in [0.25, 0.3) is 0 Å². The van der Waals surface area contributed by atoms with Crippen molar-refractivity contribution in [3.63, 3.8) is 0 Å². The van der Waals surface area contributed by atoms with Crippen LogP contribution in [0.3, 0.4) is 0 Å². The maximum absolute atomic E-state index is 11.9. The molecule has 0 aromatic carbocycles. The van der Waals surface area contributed by atoms with Crippen LogP contribution in [0.15, 0.2) is 0 Å². The number of nitrogens with zero attached hydrogens (tertiary/aromatic N) is 1. The van der Waals surface area contributed by atoms with E-state index in [9.17, 15) is 9.59 Å². The fraction of sp³-hybridized carbons (Fsp3) is 0.867. The van der Waals surface area contributed by atoms with Crippen LogP contribution in [0, 0.1) is 5.92 Å². The molecule has 0 aromatic heterocycles. The van der Waals surface area contributed by atoms with Gasteiger partial charge in [0.15, 0.2) is 0 Å². The molecule has 5 heteroatoms. The summed E-state index contributed by atoms with van der Waals surface area (Å²) in [5, 5.41) is 5.69. The first-order valence-electron chi connectivity index (χ1n) is 7.91. The summed E-state index contributed by atoms with van der Waals surface area (Å²) in [6, 6.07) is -0.0545. The Bertz CT molecular complexity index is 340. The first kappa shape index (κ1) is 15.3. The summed E-state index contributed by atoms with van der Waals surface area (Å²) in [6.07, 6.45) is 8.29. The van der Waals surface area contributed by atoms with E-state index in [1.807, 2.05) is 7.05 Å². The molecule has 0 radical (unpaired) electrons. The molecule has 1 heterocycles. The minimum atomic E-state index is -0.0652. The van der Waals surface area contributed by atoms with Crippen LogP contribution < -0.4 is 10.6 Å². The average Bonchev–Trinajstić information content (AvgIpc) is 2.90. The van der Waals surface area contributed by atoms with Gasteiger partial charge in [0.2, 0.25) is 11.8 Å². The summed E-state index contributed by atoms with van der Waals surface area (Å²) in [5.74, 6) is 0.548. The van der Waals surface area contributed by atoms with Crippen molar-refractivity contribution < 1.29 is 9.59 Å². The van der Waals surface area contributed by atoms with Gasteiger partial charge in [0.25, 0.3) is 0 Å². The first-order chi connectivity index (χ1) is 9.66. The molecule has 1 unspecified atom stereocenters. The lowest BCUT2D eigenvalue weighted by Crippen LogP contribution is -2.45. The molecule has 2 fully saturated rings. The average molecular weight is 281 g/mol. The third-order valence-electron chi connectivity index (χ3n) is 4.56. The van der Waals surface area contributed by atoms with Crippen molar-refractivity contribution in [2.45, 2.75) is 51.0 Å². The van der Waals surface area contributed by atoms with Gasteiger partial charge in [0.1, 0.15) is 0 Å². The van der Waals surface area contributed by atoms with Crippen molar-refractivity contribution in [2.24, 2.45) is 5.92 Å². The van der Waals surface area contributed by atoms with E-state index in [2.05, 4.69) is 15.5 Å². The molecule has 20 heavy (non-hydrogen) atoms. The zero-order valence-electron chi connectivity index (χ0n) is 12.5. The maximum atomic E-state index is 11.9. The smallest absolute Gasteiger partial charge is 0.239 e. The lowest BCUT2D eigenvalue weighted by atomic mass is 9.89. The van der Waals surface area contributed by atoms with Crippen LogP contribution in [-0.4, -0.2) is 49.4 Å². The highest BCUT2D eigenvalue weighted by Gasteiger charge is 2.27. The molecule has 1 saturated heterocycles. The van der Waals surface area contributed by atoms with Crippen LogP contribution in [0.5, 0.6) is 0 Å². The van der Waals surface area contributed by atoms with Crippen LogP contribution in [0.4, 0.5) is 0 Å². The molecule has 1 aliphatic heterocycles. The fourth-order valence-corrected chi connectivity index (χ4v) is 3.24. The van der Waals surface area contributed by atoms with E-state index in [4.69, 9.17) is 0 Å². The van der Waals surface area contributed by atoms with Gasteiger partial charge in [-0.1, -0.05) is 19.3 Å². The summed E-state index contributed by atoms with van der Waals surface area (Å²) in [6.45, 7) is 1.83. The number of carbonyl (C=O) groups excluding carboxylic acids is 2. The Balaban J connectivity index is 1.60. The van der Waals surface area contributed by atoms with E-state index in [-0.39, 0.29) is 24.4 Å². The summed E-state index contributed by atoms with van der Waals surface area (Å²) in [5.41, 5.74) is 0. The van der Waals surface area contributed by atoms with Crippen molar-refractivity contribution in [3.05, 3.63) is 0 Å². The highest BCUT2D eigenvalue weighted by atomic mass is 16.2. The largest absolute Gasteiger partial charge is 0.354 e. The van der Waals surface area contributed by atoms with Gasteiger partial charge in [0.05, 0.1) is 12.6 Å². The number of likely N-dealkylation sites (tertiary alicyclic amines) is 1. The molecule has 1 saturated carbocycles. The Morgan fingerprint density at radius 1 is 1.05 bits per heavy atom. The van der Waals surface area contributed by atoms with E-state index in [0.717, 1.165) is 25.9 Å². The Morgan fingerprint density at radius 2 is 1.80 bits per heavy atom. The molecule has 1 atom stereocenters. The number of likely N-dealkylation sites (N-methyl/N-ethyl adjacent to an activating group) is 1. The fourth-order valence-electron chi connectivity index (χ4n) is 3.24. The van der Waals surface area contributed by atoms with Gasteiger partial charge in [-0.25, -0.2) is 0 Å². The molecule has 0 spiro atoms. The van der Waals surface area contributed by atoms with E-state index in [1.165, 1.54) is 32.1 Å². The van der Waals surface area contributed by atoms with Crippen LogP contribution in [0.1, 0.15) is 44.9 Å². The number of amides is 2. The predicted octanol–water partition coefficient (Wildman–Crippen LogP) is 0.893. The quantitative estimate of drug-likeness (QED) is 0.787. The van der Waals surface area contributed by atoms with Gasteiger partial charge in [0, 0.05) is 6.54 Å². The molecule has 2 amide bonds. The monoisotopic (exact) mass is 281 g/mol. The first-order valence-corrected chi connectivity index (χ1v) is 7.91. The van der Waals surface area contributed by atoms with E-state index in [1.54, 1.807) is 0 Å². The number of carbonyl (C=O) groups is 2. The van der Waals surface area contributed by atoms with Gasteiger partial charge < -0.3 is 10.6 Å². The van der Waals surface area contributed by atoms with E-state index >= 15 is 0 Å². The molecule has 1 aliphatic carbocycles. The lowest BCUT2D eigenvalue weighted by molar-refractivity contribution is -0.128. The number of nitrogens with one attached hydrogen (secondary N) is 2. The summed E-state index contributed by atoms with van der Waals surface area (Å²) in [7, 11) is 1.96. The summed E-state index contributed by atoms with van der Waals surface area (Å²) < 4.78 is 0. The third kappa shape index (κ3) is 4.47. The van der Waals surface area contributed by atoms with Crippen molar-refractivity contribution in [1.29, 1.82) is 0 Å². The number of hydrogen-bond donors (Lipinski definition) is 2. The van der Waals surface area contributed by atoms with E-state index in [0.29, 0.717) is 5.92 Å². The summed E-state index contributed by atoms with van der Waals surface area (Å²) >= 11 is 0. The van der Waals surface area contributed by atoms with Gasteiger partial charge in [-0.2, -0.15) is 0 Å². The van der Waals surface area contributed by atoms with Crippen molar-refractivity contribution >= 4 is 11.8 Å². The van der Waals surface area contributed by atoms with E-state index < -0.39 is 0 Å². The molecule has 2 N–H and O–H groups in total. The van der Waals surface area contributed by atoms with Crippen LogP contribution in [0.2, 0.25) is 0 Å². The zero-order chi connectivity index (χ0) is 14.4. The third-order valence-corrected chi connectivity index (χ3v) is 4.56. The van der Waals surface area contributed by atoms with Gasteiger partial charge in [-0.15, -0.1) is 0 Å². The second kappa shape index (κ2) is 7.62. The maximum Gasteiger partial charge on any atom is 0.239 e. The van der Waals surface area contributed by atoms with Crippen molar-refractivity contribution in [3.8, 4) is 0 Å². The molecule has 5 nitrogen and oxygen atoms in total. The predicted molar refractivity (Wildman–Crippen MR) is 78.2 cm³/mol. The molecule has 0 bridgehead atoms. The topological polar surface area (TPSA) is 61.4 Å². The van der Waals surface area contributed by atoms with Gasteiger partial charge in [-0.3, -0.25) is 14.5 Å². The minimum absolute atomic E-state index is 0.0159.